The van der Waals surface area contributed by atoms with Gasteiger partial charge in [-0.2, -0.15) is 0 Å². The number of hydrogen-bond acceptors (Lipinski definition) is 5. The van der Waals surface area contributed by atoms with Gasteiger partial charge < -0.3 is 10.4 Å². The van der Waals surface area contributed by atoms with Crippen molar-refractivity contribution in [3.05, 3.63) is 36.0 Å². The van der Waals surface area contributed by atoms with Gasteiger partial charge in [-0.1, -0.05) is 12.1 Å². The maximum absolute atomic E-state index is 9.38. The molecule has 0 aliphatic carbocycles. The molecule has 4 nitrogen and oxygen atoms in total. The average Bonchev–Trinajstić information content (AvgIpc) is 2.84. The molecule has 0 saturated carbocycles. The van der Waals surface area contributed by atoms with Crippen molar-refractivity contribution in [3.63, 3.8) is 0 Å². The fourth-order valence-electron chi connectivity index (χ4n) is 2.07. The van der Waals surface area contributed by atoms with Crippen LogP contribution in [0.1, 0.15) is 13.8 Å². The minimum Gasteiger partial charge on any atom is -0.508 e. The van der Waals surface area contributed by atoms with Crippen molar-refractivity contribution in [2.75, 3.05) is 5.32 Å². The SMILES string of the molecule is CC(C)Nc1ncnc2c(-c3ccc(O)cc3)csc12. The Labute approximate surface area is 121 Å². The van der Waals surface area contributed by atoms with E-state index in [4.69, 9.17) is 0 Å². The van der Waals surface area contributed by atoms with Crippen LogP contribution in [0, 0.1) is 0 Å². The molecule has 0 aliphatic heterocycles. The van der Waals surface area contributed by atoms with Crippen LogP contribution >= 0.6 is 11.3 Å². The predicted octanol–water partition coefficient (Wildman–Crippen LogP) is 3.88. The molecule has 0 fully saturated rings. The summed E-state index contributed by atoms with van der Waals surface area (Å²) in [6.07, 6.45) is 1.59. The summed E-state index contributed by atoms with van der Waals surface area (Å²) < 4.78 is 1.06. The molecule has 20 heavy (non-hydrogen) atoms. The highest BCUT2D eigenvalue weighted by Gasteiger charge is 2.12. The van der Waals surface area contributed by atoms with Crippen molar-refractivity contribution in [2.45, 2.75) is 19.9 Å². The Morgan fingerprint density at radius 1 is 1.15 bits per heavy atom. The largest absolute Gasteiger partial charge is 0.508 e. The molecule has 2 aromatic heterocycles. The third-order valence-corrected chi connectivity index (χ3v) is 3.93. The van der Waals surface area contributed by atoms with Crippen molar-refractivity contribution in [3.8, 4) is 16.9 Å². The van der Waals surface area contributed by atoms with Gasteiger partial charge >= 0.3 is 0 Å². The monoisotopic (exact) mass is 285 g/mol. The Bertz CT molecular complexity index is 734. The number of thiophene rings is 1. The molecule has 0 radical (unpaired) electrons. The summed E-state index contributed by atoms with van der Waals surface area (Å²) >= 11 is 1.63. The van der Waals surface area contributed by atoms with E-state index in [2.05, 4.69) is 34.5 Å². The molecule has 0 saturated heterocycles. The van der Waals surface area contributed by atoms with Crippen LogP contribution in [0.5, 0.6) is 5.75 Å². The topological polar surface area (TPSA) is 58.0 Å². The van der Waals surface area contributed by atoms with Gasteiger partial charge in [-0.05, 0) is 31.5 Å². The number of aromatic hydroxyl groups is 1. The highest BCUT2D eigenvalue weighted by Crippen LogP contribution is 2.36. The normalized spacial score (nSPS) is 11.2. The van der Waals surface area contributed by atoms with Gasteiger partial charge in [0.15, 0.2) is 0 Å². The Morgan fingerprint density at radius 3 is 2.60 bits per heavy atom. The fourth-order valence-corrected chi connectivity index (χ4v) is 3.05. The van der Waals surface area contributed by atoms with Crippen molar-refractivity contribution in [1.82, 2.24) is 9.97 Å². The summed E-state index contributed by atoms with van der Waals surface area (Å²) in [5.41, 5.74) is 3.06. The molecular formula is C15H15N3OS. The third kappa shape index (κ3) is 2.32. The lowest BCUT2D eigenvalue weighted by molar-refractivity contribution is 0.475. The molecule has 3 rings (SSSR count). The number of hydrogen-bond donors (Lipinski definition) is 2. The quantitative estimate of drug-likeness (QED) is 0.766. The number of phenols is 1. The zero-order valence-corrected chi connectivity index (χ0v) is 12.1. The molecule has 0 atom stereocenters. The van der Waals surface area contributed by atoms with Gasteiger partial charge in [-0.25, -0.2) is 9.97 Å². The van der Waals surface area contributed by atoms with Crippen LogP contribution in [0.25, 0.3) is 21.3 Å². The molecule has 102 valence electrons. The Morgan fingerprint density at radius 2 is 1.90 bits per heavy atom. The Balaban J connectivity index is 2.12. The molecule has 0 bridgehead atoms. The lowest BCUT2D eigenvalue weighted by Gasteiger charge is -2.09. The first-order valence-electron chi connectivity index (χ1n) is 6.43. The van der Waals surface area contributed by atoms with E-state index < -0.39 is 0 Å². The lowest BCUT2D eigenvalue weighted by Crippen LogP contribution is -2.11. The summed E-state index contributed by atoms with van der Waals surface area (Å²) in [6.45, 7) is 4.17. The first-order chi connectivity index (χ1) is 9.65. The van der Waals surface area contributed by atoms with Gasteiger partial charge in [-0.15, -0.1) is 11.3 Å². The van der Waals surface area contributed by atoms with Gasteiger partial charge in [-0.3, -0.25) is 0 Å². The zero-order valence-electron chi connectivity index (χ0n) is 11.3. The van der Waals surface area contributed by atoms with E-state index in [0.29, 0.717) is 6.04 Å². The van der Waals surface area contributed by atoms with E-state index in [-0.39, 0.29) is 5.75 Å². The molecule has 0 aliphatic rings. The summed E-state index contributed by atoms with van der Waals surface area (Å²) in [4.78, 5) is 8.72. The number of phenolic OH excluding ortho intramolecular Hbond substituents is 1. The first-order valence-corrected chi connectivity index (χ1v) is 7.31. The molecule has 0 spiro atoms. The number of nitrogens with one attached hydrogen (secondary N) is 1. The minimum atomic E-state index is 0.269. The molecule has 2 N–H and O–H groups in total. The molecule has 5 heteroatoms. The number of nitrogens with zero attached hydrogens (tertiary/aromatic N) is 2. The Hall–Kier alpha value is -2.14. The molecular weight excluding hydrogens is 270 g/mol. The summed E-state index contributed by atoms with van der Waals surface area (Å²) in [7, 11) is 0. The fraction of sp³-hybridized carbons (Fsp3) is 0.200. The van der Waals surface area contributed by atoms with Gasteiger partial charge in [0.25, 0.3) is 0 Å². The van der Waals surface area contributed by atoms with Crippen LogP contribution in [0.4, 0.5) is 5.82 Å². The molecule has 1 aromatic carbocycles. The second-order valence-corrected chi connectivity index (χ2v) is 5.77. The van der Waals surface area contributed by atoms with Crippen LogP contribution in [0.2, 0.25) is 0 Å². The molecule has 2 heterocycles. The first kappa shape index (κ1) is 12.9. The number of rotatable bonds is 3. The predicted molar refractivity (Wildman–Crippen MR) is 83.3 cm³/mol. The van der Waals surface area contributed by atoms with Crippen LogP contribution in [0.3, 0.4) is 0 Å². The smallest absolute Gasteiger partial charge is 0.147 e. The zero-order chi connectivity index (χ0) is 14.1. The second-order valence-electron chi connectivity index (χ2n) is 4.90. The van der Waals surface area contributed by atoms with E-state index in [0.717, 1.165) is 27.2 Å². The second kappa shape index (κ2) is 5.09. The maximum atomic E-state index is 9.38. The van der Waals surface area contributed by atoms with E-state index >= 15 is 0 Å². The summed E-state index contributed by atoms with van der Waals surface area (Å²) in [6, 6.07) is 7.50. The average molecular weight is 285 g/mol. The molecule has 0 unspecified atom stereocenters. The highest BCUT2D eigenvalue weighted by atomic mass is 32.1. The third-order valence-electron chi connectivity index (χ3n) is 2.96. The van der Waals surface area contributed by atoms with Gasteiger partial charge in [0, 0.05) is 17.0 Å². The van der Waals surface area contributed by atoms with Crippen LogP contribution in [-0.2, 0) is 0 Å². The number of anilines is 1. The maximum Gasteiger partial charge on any atom is 0.147 e. The lowest BCUT2D eigenvalue weighted by atomic mass is 10.1. The van der Waals surface area contributed by atoms with E-state index in [1.54, 1.807) is 29.8 Å². The van der Waals surface area contributed by atoms with E-state index in [1.165, 1.54) is 0 Å². The van der Waals surface area contributed by atoms with Crippen molar-refractivity contribution < 1.29 is 5.11 Å². The number of aromatic nitrogens is 2. The molecule has 3 aromatic rings. The highest BCUT2D eigenvalue weighted by molar-refractivity contribution is 7.18. The number of fused-ring (bicyclic) bond motifs is 1. The van der Waals surface area contributed by atoms with E-state index in [9.17, 15) is 5.11 Å². The summed E-state index contributed by atoms with van der Waals surface area (Å²) in [5.74, 6) is 1.14. The van der Waals surface area contributed by atoms with Crippen molar-refractivity contribution in [2.24, 2.45) is 0 Å². The minimum absolute atomic E-state index is 0.269. The standard InChI is InChI=1S/C15H15N3OS/c1-9(2)18-15-14-13(16-8-17-15)12(7-20-14)10-3-5-11(19)6-4-10/h3-9,19H,1-2H3,(H,16,17,18). The summed E-state index contributed by atoms with van der Waals surface area (Å²) in [5, 5.41) is 14.8. The van der Waals surface area contributed by atoms with Gasteiger partial charge in [0.2, 0.25) is 0 Å². The van der Waals surface area contributed by atoms with Crippen molar-refractivity contribution >= 4 is 27.4 Å². The number of benzene rings is 1. The van der Waals surface area contributed by atoms with Gasteiger partial charge in [0.1, 0.15) is 17.9 Å². The molecule has 0 amide bonds. The van der Waals surface area contributed by atoms with Crippen molar-refractivity contribution in [1.29, 1.82) is 0 Å². The van der Waals surface area contributed by atoms with Crippen LogP contribution in [-0.4, -0.2) is 21.1 Å². The van der Waals surface area contributed by atoms with Gasteiger partial charge in [0.05, 0.1) is 10.2 Å². The van der Waals surface area contributed by atoms with Crippen LogP contribution in [0.15, 0.2) is 36.0 Å². The Kier molecular flexibility index (Phi) is 3.28. The van der Waals surface area contributed by atoms with E-state index in [1.807, 2.05) is 12.1 Å². The van der Waals surface area contributed by atoms with Crippen LogP contribution < -0.4 is 5.32 Å².